The van der Waals surface area contributed by atoms with Gasteiger partial charge >= 0.3 is 0 Å². The third kappa shape index (κ3) is 2.19. The van der Waals surface area contributed by atoms with Gasteiger partial charge in [0.25, 0.3) is 5.91 Å². The summed E-state index contributed by atoms with van der Waals surface area (Å²) in [5, 5.41) is 19.6. The number of H-pyrrole nitrogens is 1. The zero-order chi connectivity index (χ0) is 14.1. The summed E-state index contributed by atoms with van der Waals surface area (Å²) in [6.07, 6.45) is 0. The molecule has 1 aromatic heterocycles. The van der Waals surface area contributed by atoms with Crippen molar-refractivity contribution >= 4 is 16.8 Å². The Hall–Kier alpha value is -1.85. The lowest BCUT2D eigenvalue weighted by Gasteiger charge is -2.14. The highest BCUT2D eigenvalue weighted by atomic mass is 16.3. The van der Waals surface area contributed by atoms with Crippen LogP contribution in [-0.4, -0.2) is 52.3 Å². The summed E-state index contributed by atoms with van der Waals surface area (Å²) >= 11 is 0. The number of para-hydroxylation sites is 1. The van der Waals surface area contributed by atoms with Crippen molar-refractivity contribution in [3.63, 3.8) is 0 Å². The summed E-state index contributed by atoms with van der Waals surface area (Å²) in [5.74, 6) is -0.141. The first-order chi connectivity index (χ1) is 9.72. The Labute approximate surface area is 116 Å². The lowest BCUT2D eigenvalue weighted by atomic mass is 9.98. The molecule has 1 amide bonds. The number of likely N-dealkylation sites (tertiary alicyclic amines) is 1. The van der Waals surface area contributed by atoms with Gasteiger partial charge in [-0.05, 0) is 12.1 Å². The van der Waals surface area contributed by atoms with Gasteiger partial charge in [-0.3, -0.25) is 4.79 Å². The third-order valence-corrected chi connectivity index (χ3v) is 4.09. The molecule has 106 valence electrons. The van der Waals surface area contributed by atoms with Gasteiger partial charge in [0.1, 0.15) is 5.69 Å². The molecular weight excluding hydrogens is 256 g/mol. The van der Waals surface area contributed by atoms with Crippen molar-refractivity contribution in [2.24, 2.45) is 11.8 Å². The summed E-state index contributed by atoms with van der Waals surface area (Å²) < 4.78 is 0. The zero-order valence-corrected chi connectivity index (χ0v) is 11.1. The van der Waals surface area contributed by atoms with Crippen molar-refractivity contribution in [3.05, 3.63) is 36.0 Å². The van der Waals surface area contributed by atoms with Gasteiger partial charge in [0.15, 0.2) is 0 Å². The number of aliphatic hydroxyl groups is 2. The molecule has 2 heterocycles. The predicted molar refractivity (Wildman–Crippen MR) is 75.4 cm³/mol. The number of benzene rings is 1. The monoisotopic (exact) mass is 274 g/mol. The number of hydrogen-bond donors (Lipinski definition) is 3. The molecule has 1 aliphatic rings. The fourth-order valence-electron chi connectivity index (χ4n) is 2.88. The van der Waals surface area contributed by atoms with Crippen LogP contribution in [0.25, 0.3) is 10.9 Å². The van der Waals surface area contributed by atoms with E-state index in [1.54, 1.807) is 4.90 Å². The maximum Gasteiger partial charge on any atom is 0.270 e. The van der Waals surface area contributed by atoms with E-state index in [9.17, 15) is 15.0 Å². The van der Waals surface area contributed by atoms with Crippen LogP contribution in [-0.2, 0) is 0 Å². The molecule has 0 saturated carbocycles. The molecule has 1 fully saturated rings. The zero-order valence-electron chi connectivity index (χ0n) is 11.1. The van der Waals surface area contributed by atoms with E-state index in [1.165, 1.54) is 0 Å². The third-order valence-electron chi connectivity index (χ3n) is 4.09. The number of aliphatic hydroxyl groups excluding tert-OH is 2. The molecule has 1 saturated heterocycles. The number of carbonyl (C=O) groups is 1. The summed E-state index contributed by atoms with van der Waals surface area (Å²) in [7, 11) is 0. The van der Waals surface area contributed by atoms with E-state index in [-0.39, 0.29) is 31.0 Å². The van der Waals surface area contributed by atoms with Crippen LogP contribution >= 0.6 is 0 Å². The molecule has 1 aromatic carbocycles. The van der Waals surface area contributed by atoms with E-state index in [1.807, 2.05) is 30.3 Å². The van der Waals surface area contributed by atoms with Crippen molar-refractivity contribution in [1.29, 1.82) is 0 Å². The highest BCUT2D eigenvalue weighted by Gasteiger charge is 2.35. The first kappa shape index (κ1) is 13.1. The van der Waals surface area contributed by atoms with Gasteiger partial charge in [-0.25, -0.2) is 0 Å². The molecule has 0 radical (unpaired) electrons. The van der Waals surface area contributed by atoms with Gasteiger partial charge in [-0.2, -0.15) is 0 Å². The van der Waals surface area contributed by atoms with Crippen molar-refractivity contribution < 1.29 is 15.0 Å². The van der Waals surface area contributed by atoms with Crippen molar-refractivity contribution in [3.8, 4) is 0 Å². The number of nitrogens with one attached hydrogen (secondary N) is 1. The van der Waals surface area contributed by atoms with Crippen LogP contribution in [0.2, 0.25) is 0 Å². The normalized spacial score (nSPS) is 22.6. The Balaban J connectivity index is 1.82. The predicted octanol–water partition coefficient (Wildman–Crippen LogP) is 0.841. The molecular formula is C15H18N2O3. The SMILES string of the molecule is O=C(c1cc2ccccc2[nH]1)N1C[C@@H](CO)[C@@H](CO)C1. The summed E-state index contributed by atoms with van der Waals surface area (Å²) in [4.78, 5) is 17.3. The van der Waals surface area contributed by atoms with Crippen LogP contribution in [0.3, 0.4) is 0 Å². The number of rotatable bonds is 3. The average Bonchev–Trinajstić information content (AvgIpc) is 3.09. The fraction of sp³-hybridized carbons (Fsp3) is 0.400. The fourth-order valence-corrected chi connectivity index (χ4v) is 2.88. The molecule has 1 aliphatic heterocycles. The van der Waals surface area contributed by atoms with E-state index in [2.05, 4.69) is 4.98 Å². The Bertz CT molecular complexity index is 577. The Morgan fingerprint density at radius 3 is 2.45 bits per heavy atom. The molecule has 3 N–H and O–H groups in total. The van der Waals surface area contributed by atoms with Gasteiger partial charge in [0, 0.05) is 49.0 Å². The smallest absolute Gasteiger partial charge is 0.270 e. The average molecular weight is 274 g/mol. The van der Waals surface area contributed by atoms with Crippen LogP contribution in [0.15, 0.2) is 30.3 Å². The van der Waals surface area contributed by atoms with Crippen molar-refractivity contribution in [1.82, 2.24) is 9.88 Å². The molecule has 0 aliphatic carbocycles. The van der Waals surface area contributed by atoms with Crippen LogP contribution in [0.4, 0.5) is 0 Å². The van der Waals surface area contributed by atoms with Crippen LogP contribution in [0.5, 0.6) is 0 Å². The van der Waals surface area contributed by atoms with Gasteiger partial charge in [0.05, 0.1) is 0 Å². The van der Waals surface area contributed by atoms with Gasteiger partial charge in [-0.1, -0.05) is 18.2 Å². The van der Waals surface area contributed by atoms with E-state index in [4.69, 9.17) is 0 Å². The van der Waals surface area contributed by atoms with Crippen LogP contribution in [0.1, 0.15) is 10.5 Å². The Morgan fingerprint density at radius 2 is 1.85 bits per heavy atom. The number of fused-ring (bicyclic) bond motifs is 1. The number of carbonyl (C=O) groups excluding carboxylic acids is 1. The molecule has 2 aromatic rings. The second-order valence-corrected chi connectivity index (χ2v) is 5.37. The first-order valence-electron chi connectivity index (χ1n) is 6.81. The topological polar surface area (TPSA) is 76.6 Å². The quantitative estimate of drug-likeness (QED) is 0.776. The minimum absolute atomic E-state index is 0.00169. The van der Waals surface area contributed by atoms with Crippen LogP contribution < -0.4 is 0 Å². The Morgan fingerprint density at radius 1 is 1.20 bits per heavy atom. The number of aromatic nitrogens is 1. The van der Waals surface area contributed by atoms with E-state index in [0.717, 1.165) is 10.9 Å². The number of nitrogens with zero attached hydrogens (tertiary/aromatic N) is 1. The lowest BCUT2D eigenvalue weighted by Crippen LogP contribution is -2.29. The molecule has 2 atom stereocenters. The largest absolute Gasteiger partial charge is 0.396 e. The summed E-state index contributed by atoms with van der Waals surface area (Å²) in [6, 6.07) is 9.59. The van der Waals surface area contributed by atoms with E-state index < -0.39 is 0 Å². The van der Waals surface area contributed by atoms with Crippen molar-refractivity contribution in [2.75, 3.05) is 26.3 Å². The minimum Gasteiger partial charge on any atom is -0.396 e. The highest BCUT2D eigenvalue weighted by molar-refractivity contribution is 5.98. The summed E-state index contributed by atoms with van der Waals surface area (Å²) in [6.45, 7) is 0.995. The molecule has 3 rings (SSSR count). The molecule has 0 bridgehead atoms. The van der Waals surface area contributed by atoms with Crippen molar-refractivity contribution in [2.45, 2.75) is 0 Å². The minimum atomic E-state index is -0.0735. The standard InChI is InChI=1S/C15H18N2O3/c18-8-11-6-17(7-12(11)9-19)15(20)14-5-10-3-1-2-4-13(10)16-14/h1-5,11-12,16,18-19H,6-9H2/t11-,12+. The molecule has 0 spiro atoms. The molecule has 5 heteroatoms. The van der Waals surface area contributed by atoms with Gasteiger partial charge in [0.2, 0.25) is 0 Å². The van der Waals surface area contributed by atoms with E-state index >= 15 is 0 Å². The second-order valence-electron chi connectivity index (χ2n) is 5.37. The second kappa shape index (κ2) is 5.26. The first-order valence-corrected chi connectivity index (χ1v) is 6.81. The lowest BCUT2D eigenvalue weighted by molar-refractivity contribution is 0.0773. The summed E-state index contributed by atoms with van der Waals surface area (Å²) in [5.41, 5.74) is 1.49. The maximum atomic E-state index is 12.5. The number of aromatic amines is 1. The van der Waals surface area contributed by atoms with Gasteiger partial charge < -0.3 is 20.1 Å². The highest BCUT2D eigenvalue weighted by Crippen LogP contribution is 2.25. The molecule has 20 heavy (non-hydrogen) atoms. The Kier molecular flexibility index (Phi) is 3.46. The molecule has 5 nitrogen and oxygen atoms in total. The number of amides is 1. The van der Waals surface area contributed by atoms with E-state index in [0.29, 0.717) is 18.8 Å². The van der Waals surface area contributed by atoms with Gasteiger partial charge in [-0.15, -0.1) is 0 Å². The maximum absolute atomic E-state index is 12.5. The molecule has 0 unspecified atom stereocenters. The number of hydrogen-bond acceptors (Lipinski definition) is 3. The van der Waals surface area contributed by atoms with Crippen LogP contribution in [0, 0.1) is 11.8 Å².